The quantitative estimate of drug-likeness (QED) is 0.896. The molecule has 1 aromatic carbocycles. The van der Waals surface area contributed by atoms with Crippen LogP contribution in [-0.2, 0) is 6.54 Å². The van der Waals surface area contributed by atoms with E-state index in [4.69, 9.17) is 5.11 Å². The maximum Gasteiger partial charge on any atom is 0.355 e. The highest BCUT2D eigenvalue weighted by Gasteiger charge is 2.10. The van der Waals surface area contributed by atoms with Gasteiger partial charge in [0.15, 0.2) is 5.69 Å². The number of hydrogen-bond acceptors (Lipinski definition) is 4. The summed E-state index contributed by atoms with van der Waals surface area (Å²) in [6.45, 7) is 2.18. The molecule has 0 spiro atoms. The fraction of sp³-hybridized carbons (Fsp3) is 0.154. The second-order valence-corrected chi connectivity index (χ2v) is 4.92. The van der Waals surface area contributed by atoms with E-state index < -0.39 is 5.97 Å². The minimum absolute atomic E-state index is 0.00425. The van der Waals surface area contributed by atoms with Crippen molar-refractivity contribution in [2.75, 3.05) is 0 Å². The number of carbonyl (C=O) groups is 2. The van der Waals surface area contributed by atoms with Crippen LogP contribution >= 0.6 is 11.3 Å². The molecule has 2 N–H and O–H groups in total. The van der Waals surface area contributed by atoms with Crippen molar-refractivity contribution in [1.29, 1.82) is 0 Å². The number of amides is 1. The van der Waals surface area contributed by atoms with Crippen LogP contribution in [0.25, 0.3) is 0 Å². The summed E-state index contributed by atoms with van der Waals surface area (Å²) in [6.07, 6.45) is 0. The molecule has 0 bridgehead atoms. The second kappa shape index (κ2) is 5.62. The Balaban J connectivity index is 1.96. The molecule has 0 saturated heterocycles. The van der Waals surface area contributed by atoms with E-state index >= 15 is 0 Å². The molecule has 0 unspecified atom stereocenters. The number of rotatable bonds is 4. The maximum absolute atomic E-state index is 11.8. The molecule has 0 aliphatic carbocycles. The Labute approximate surface area is 113 Å². The Kier molecular flexibility index (Phi) is 3.91. The van der Waals surface area contributed by atoms with Gasteiger partial charge in [-0.3, -0.25) is 4.79 Å². The number of carbonyl (C=O) groups excluding carboxylic acids is 1. The monoisotopic (exact) mass is 276 g/mol. The van der Waals surface area contributed by atoms with E-state index in [-0.39, 0.29) is 18.1 Å². The van der Waals surface area contributed by atoms with Gasteiger partial charge in [0.1, 0.15) is 5.01 Å². The molecule has 2 aromatic rings. The summed E-state index contributed by atoms with van der Waals surface area (Å²) in [4.78, 5) is 26.4. The number of benzene rings is 1. The van der Waals surface area contributed by atoms with Crippen LogP contribution in [0.4, 0.5) is 0 Å². The van der Waals surface area contributed by atoms with Crippen molar-refractivity contribution < 1.29 is 14.7 Å². The van der Waals surface area contributed by atoms with Crippen LogP contribution in [0.2, 0.25) is 0 Å². The molecule has 19 heavy (non-hydrogen) atoms. The van der Waals surface area contributed by atoms with Gasteiger partial charge in [-0.2, -0.15) is 0 Å². The zero-order chi connectivity index (χ0) is 13.8. The first-order valence-electron chi connectivity index (χ1n) is 5.59. The normalized spacial score (nSPS) is 10.2. The van der Waals surface area contributed by atoms with Gasteiger partial charge in [0.05, 0.1) is 6.54 Å². The van der Waals surface area contributed by atoms with Gasteiger partial charge in [-0.1, -0.05) is 17.7 Å². The van der Waals surface area contributed by atoms with Gasteiger partial charge >= 0.3 is 5.97 Å². The number of thiazole rings is 1. The minimum atomic E-state index is -1.06. The second-order valence-electron chi connectivity index (χ2n) is 3.98. The molecule has 0 aliphatic heterocycles. The van der Waals surface area contributed by atoms with Gasteiger partial charge in [0.25, 0.3) is 5.91 Å². The number of nitrogens with one attached hydrogen (secondary N) is 1. The van der Waals surface area contributed by atoms with E-state index in [1.165, 1.54) is 16.7 Å². The zero-order valence-electron chi connectivity index (χ0n) is 10.2. The van der Waals surface area contributed by atoms with E-state index in [1.807, 2.05) is 19.1 Å². The summed E-state index contributed by atoms with van der Waals surface area (Å²) in [7, 11) is 0. The van der Waals surface area contributed by atoms with Crippen molar-refractivity contribution >= 4 is 23.2 Å². The van der Waals surface area contributed by atoms with Crippen molar-refractivity contribution in [2.45, 2.75) is 13.5 Å². The number of aromatic carboxylic acids is 1. The van der Waals surface area contributed by atoms with Crippen LogP contribution in [0.15, 0.2) is 29.6 Å². The average Bonchev–Trinajstić information content (AvgIpc) is 2.86. The Morgan fingerprint density at radius 2 is 2.00 bits per heavy atom. The molecular weight excluding hydrogens is 264 g/mol. The predicted molar refractivity (Wildman–Crippen MR) is 71.4 cm³/mol. The number of carboxylic acids is 1. The molecule has 0 radical (unpaired) electrons. The van der Waals surface area contributed by atoms with Crippen molar-refractivity contribution in [3.8, 4) is 0 Å². The summed E-state index contributed by atoms with van der Waals surface area (Å²) in [5.41, 5.74) is 1.66. The average molecular weight is 276 g/mol. The lowest BCUT2D eigenvalue weighted by Crippen LogP contribution is -2.22. The molecular formula is C13H12N2O3S. The highest BCUT2D eigenvalue weighted by Crippen LogP contribution is 2.10. The van der Waals surface area contributed by atoms with Crippen molar-refractivity contribution in [3.63, 3.8) is 0 Å². The fourth-order valence-corrected chi connectivity index (χ4v) is 2.16. The van der Waals surface area contributed by atoms with Crippen LogP contribution in [0.5, 0.6) is 0 Å². The molecule has 0 atom stereocenters. The van der Waals surface area contributed by atoms with E-state index in [1.54, 1.807) is 12.1 Å². The van der Waals surface area contributed by atoms with Crippen molar-refractivity contribution in [1.82, 2.24) is 10.3 Å². The number of hydrogen-bond donors (Lipinski definition) is 2. The van der Waals surface area contributed by atoms with E-state index in [0.29, 0.717) is 10.6 Å². The van der Waals surface area contributed by atoms with E-state index in [2.05, 4.69) is 10.3 Å². The third-order valence-electron chi connectivity index (χ3n) is 2.48. The Morgan fingerprint density at radius 1 is 1.32 bits per heavy atom. The van der Waals surface area contributed by atoms with Gasteiger partial charge < -0.3 is 10.4 Å². The van der Waals surface area contributed by atoms with Gasteiger partial charge in [0.2, 0.25) is 0 Å². The zero-order valence-corrected chi connectivity index (χ0v) is 11.0. The van der Waals surface area contributed by atoms with E-state index in [0.717, 1.165) is 5.56 Å². The Morgan fingerprint density at radius 3 is 2.58 bits per heavy atom. The van der Waals surface area contributed by atoms with Gasteiger partial charge in [-0.05, 0) is 19.1 Å². The highest BCUT2D eigenvalue weighted by atomic mass is 32.1. The van der Waals surface area contributed by atoms with E-state index in [9.17, 15) is 9.59 Å². The SMILES string of the molecule is Cc1ccc(C(=O)NCc2nc(C(=O)O)cs2)cc1. The number of carboxylic acid groups (broad SMARTS) is 1. The fourth-order valence-electron chi connectivity index (χ4n) is 1.45. The van der Waals surface area contributed by atoms with Crippen LogP contribution < -0.4 is 5.32 Å². The van der Waals surface area contributed by atoms with Gasteiger partial charge in [-0.25, -0.2) is 9.78 Å². The predicted octanol–water partition coefficient (Wildman–Crippen LogP) is 2.08. The van der Waals surface area contributed by atoms with Crippen LogP contribution in [-0.4, -0.2) is 22.0 Å². The standard InChI is InChI=1S/C13H12N2O3S/c1-8-2-4-9(5-3-8)12(16)14-6-11-15-10(7-19-11)13(17)18/h2-5,7H,6H2,1H3,(H,14,16)(H,17,18). The lowest BCUT2D eigenvalue weighted by atomic mass is 10.1. The van der Waals surface area contributed by atoms with Crippen LogP contribution in [0.1, 0.15) is 31.4 Å². The first kappa shape index (κ1) is 13.2. The Hall–Kier alpha value is -2.21. The molecule has 1 amide bonds. The molecule has 2 rings (SSSR count). The number of aromatic nitrogens is 1. The molecule has 0 fully saturated rings. The van der Waals surface area contributed by atoms with Gasteiger partial charge in [-0.15, -0.1) is 11.3 Å². The first-order chi connectivity index (χ1) is 9.06. The van der Waals surface area contributed by atoms with Crippen LogP contribution in [0.3, 0.4) is 0 Å². The van der Waals surface area contributed by atoms with Crippen molar-refractivity contribution in [3.05, 3.63) is 51.5 Å². The summed E-state index contributed by atoms with van der Waals surface area (Å²) in [5.74, 6) is -1.26. The summed E-state index contributed by atoms with van der Waals surface area (Å²) in [6, 6.07) is 7.21. The first-order valence-corrected chi connectivity index (χ1v) is 6.47. The molecule has 0 saturated carbocycles. The third-order valence-corrected chi connectivity index (χ3v) is 3.33. The summed E-state index contributed by atoms with van der Waals surface area (Å²) >= 11 is 1.21. The topological polar surface area (TPSA) is 79.3 Å². The van der Waals surface area contributed by atoms with Crippen LogP contribution in [0, 0.1) is 6.92 Å². The molecule has 1 heterocycles. The summed E-state index contributed by atoms with van der Waals surface area (Å²) in [5, 5.41) is 13.5. The lowest BCUT2D eigenvalue weighted by Gasteiger charge is -2.03. The lowest BCUT2D eigenvalue weighted by molar-refractivity contribution is 0.0691. The molecule has 0 aliphatic rings. The molecule has 98 valence electrons. The largest absolute Gasteiger partial charge is 0.476 e. The summed E-state index contributed by atoms with van der Waals surface area (Å²) < 4.78 is 0. The van der Waals surface area contributed by atoms with Crippen molar-refractivity contribution in [2.24, 2.45) is 0 Å². The molecule has 1 aromatic heterocycles. The minimum Gasteiger partial charge on any atom is -0.476 e. The highest BCUT2D eigenvalue weighted by molar-refractivity contribution is 7.09. The third kappa shape index (κ3) is 3.38. The van der Waals surface area contributed by atoms with Gasteiger partial charge in [0, 0.05) is 10.9 Å². The Bertz CT molecular complexity index is 605. The number of aryl methyl sites for hydroxylation is 1. The molecule has 6 heteroatoms. The molecule has 5 nitrogen and oxygen atoms in total. The smallest absolute Gasteiger partial charge is 0.355 e. The maximum atomic E-state index is 11.8. The number of nitrogens with zero attached hydrogens (tertiary/aromatic N) is 1.